The van der Waals surface area contributed by atoms with Gasteiger partial charge in [-0.05, 0) is 12.1 Å². The first-order valence-corrected chi connectivity index (χ1v) is 5.35. The molecule has 2 aromatic rings. The molecule has 6 nitrogen and oxygen atoms in total. The Morgan fingerprint density at radius 3 is 3.18 bits per heavy atom. The minimum atomic E-state index is 0.459. The van der Waals surface area contributed by atoms with E-state index in [0.29, 0.717) is 12.2 Å². The van der Waals surface area contributed by atoms with E-state index < -0.39 is 0 Å². The van der Waals surface area contributed by atoms with E-state index >= 15 is 0 Å². The molecule has 0 aromatic carbocycles. The van der Waals surface area contributed by atoms with Gasteiger partial charge in [-0.2, -0.15) is 5.26 Å². The summed E-state index contributed by atoms with van der Waals surface area (Å²) in [5.74, 6) is 0.920. The molecule has 3 rings (SSSR count). The van der Waals surface area contributed by atoms with Gasteiger partial charge in [0.1, 0.15) is 12.4 Å². The van der Waals surface area contributed by atoms with Crippen molar-refractivity contribution >= 4 is 5.69 Å². The second-order valence-corrected chi connectivity index (χ2v) is 3.85. The molecule has 0 saturated heterocycles. The number of nitriles is 1. The summed E-state index contributed by atoms with van der Waals surface area (Å²) in [5.41, 5.74) is 1.32. The predicted molar refractivity (Wildman–Crippen MR) is 60.0 cm³/mol. The van der Waals surface area contributed by atoms with Crippen molar-refractivity contribution in [3.8, 4) is 6.07 Å². The molecule has 0 spiro atoms. The predicted octanol–water partition coefficient (Wildman–Crippen LogP) is 0.565. The molecular formula is C11H10N6. The van der Waals surface area contributed by atoms with E-state index in [0.717, 1.165) is 24.6 Å². The van der Waals surface area contributed by atoms with Gasteiger partial charge < -0.3 is 9.47 Å². The van der Waals surface area contributed by atoms with E-state index in [1.165, 1.54) is 0 Å². The Balaban J connectivity index is 1.95. The van der Waals surface area contributed by atoms with Crippen molar-refractivity contribution in [2.24, 2.45) is 0 Å². The number of fused-ring (bicyclic) bond motifs is 1. The zero-order valence-electron chi connectivity index (χ0n) is 9.11. The maximum absolute atomic E-state index is 9.03. The van der Waals surface area contributed by atoms with Crippen molar-refractivity contribution < 1.29 is 0 Å². The van der Waals surface area contributed by atoms with Crippen LogP contribution in [0.15, 0.2) is 24.7 Å². The first-order chi connectivity index (χ1) is 8.38. The van der Waals surface area contributed by atoms with Gasteiger partial charge in [-0.25, -0.2) is 4.98 Å². The Morgan fingerprint density at radius 2 is 2.29 bits per heavy atom. The summed E-state index contributed by atoms with van der Waals surface area (Å²) in [6.07, 6.45) is 3.37. The molecule has 17 heavy (non-hydrogen) atoms. The molecule has 0 radical (unpaired) electrons. The second kappa shape index (κ2) is 3.87. The molecule has 0 unspecified atom stereocenters. The molecule has 0 fully saturated rings. The standard InChI is InChI=1S/C11H10N6/c12-6-9-10(2-1-3-13-9)16-4-5-17-8-14-15-11(17)7-16/h1-3,8H,4-5,7H2. The zero-order valence-corrected chi connectivity index (χ0v) is 9.11. The molecule has 0 N–H and O–H groups in total. The van der Waals surface area contributed by atoms with Crippen LogP contribution >= 0.6 is 0 Å². The molecule has 6 heteroatoms. The quantitative estimate of drug-likeness (QED) is 0.710. The number of hydrogen-bond acceptors (Lipinski definition) is 5. The normalized spacial score (nSPS) is 14.2. The lowest BCUT2D eigenvalue weighted by atomic mass is 10.2. The number of hydrogen-bond donors (Lipinski definition) is 0. The van der Waals surface area contributed by atoms with E-state index in [-0.39, 0.29) is 0 Å². The molecule has 84 valence electrons. The van der Waals surface area contributed by atoms with Gasteiger partial charge in [-0.1, -0.05) is 0 Å². The van der Waals surface area contributed by atoms with Crippen LogP contribution < -0.4 is 4.90 Å². The topological polar surface area (TPSA) is 70.6 Å². The molecule has 0 saturated carbocycles. The Labute approximate surface area is 98.1 Å². The maximum Gasteiger partial charge on any atom is 0.163 e. The number of aromatic nitrogens is 4. The van der Waals surface area contributed by atoms with Crippen LogP contribution in [0.4, 0.5) is 5.69 Å². The molecule has 0 atom stereocenters. The van der Waals surface area contributed by atoms with Crippen LogP contribution in [-0.4, -0.2) is 26.3 Å². The van der Waals surface area contributed by atoms with Gasteiger partial charge in [0, 0.05) is 19.3 Å². The van der Waals surface area contributed by atoms with Crippen LogP contribution in [0.2, 0.25) is 0 Å². The molecule has 0 bridgehead atoms. The van der Waals surface area contributed by atoms with Crippen LogP contribution in [0.1, 0.15) is 11.5 Å². The van der Waals surface area contributed by atoms with E-state index in [9.17, 15) is 0 Å². The SMILES string of the molecule is N#Cc1ncccc1N1CCn2cnnc2C1. The van der Waals surface area contributed by atoms with Crippen LogP contribution in [0.5, 0.6) is 0 Å². The monoisotopic (exact) mass is 226 g/mol. The summed E-state index contributed by atoms with van der Waals surface area (Å²) in [6, 6.07) is 5.87. The summed E-state index contributed by atoms with van der Waals surface area (Å²) >= 11 is 0. The van der Waals surface area contributed by atoms with Crippen LogP contribution in [0.25, 0.3) is 0 Å². The maximum atomic E-state index is 9.03. The number of nitrogens with zero attached hydrogens (tertiary/aromatic N) is 6. The van der Waals surface area contributed by atoms with Gasteiger partial charge in [0.2, 0.25) is 0 Å². The van der Waals surface area contributed by atoms with Gasteiger partial charge in [0.05, 0.1) is 12.2 Å². The lowest BCUT2D eigenvalue weighted by molar-refractivity contribution is 0.559. The van der Waals surface area contributed by atoms with Crippen LogP contribution in [0, 0.1) is 11.3 Å². The van der Waals surface area contributed by atoms with Gasteiger partial charge in [0.15, 0.2) is 11.5 Å². The Kier molecular flexibility index (Phi) is 2.22. The molecule has 2 aromatic heterocycles. The smallest absolute Gasteiger partial charge is 0.163 e. The molecule has 1 aliphatic rings. The molecule has 3 heterocycles. The van der Waals surface area contributed by atoms with Crippen molar-refractivity contribution in [3.05, 3.63) is 36.2 Å². The van der Waals surface area contributed by atoms with Crippen molar-refractivity contribution in [2.45, 2.75) is 13.1 Å². The molecule has 1 aliphatic heterocycles. The van der Waals surface area contributed by atoms with Crippen LogP contribution in [-0.2, 0) is 13.1 Å². The van der Waals surface area contributed by atoms with Crippen LogP contribution in [0.3, 0.4) is 0 Å². The lowest BCUT2D eigenvalue weighted by Crippen LogP contribution is -2.34. The highest BCUT2D eigenvalue weighted by Crippen LogP contribution is 2.21. The van der Waals surface area contributed by atoms with Gasteiger partial charge >= 0.3 is 0 Å². The summed E-state index contributed by atoms with van der Waals surface area (Å²) < 4.78 is 2.03. The minimum absolute atomic E-state index is 0.459. The fourth-order valence-corrected chi connectivity index (χ4v) is 2.01. The van der Waals surface area contributed by atoms with Crippen molar-refractivity contribution in [1.82, 2.24) is 19.7 Å². The fourth-order valence-electron chi connectivity index (χ4n) is 2.01. The molecular weight excluding hydrogens is 216 g/mol. The van der Waals surface area contributed by atoms with Crippen molar-refractivity contribution in [2.75, 3.05) is 11.4 Å². The Hall–Kier alpha value is -2.42. The number of pyridine rings is 1. The number of anilines is 1. The van der Waals surface area contributed by atoms with Gasteiger partial charge in [0.25, 0.3) is 0 Å². The highest BCUT2D eigenvalue weighted by molar-refractivity contribution is 5.55. The Bertz CT molecular complexity index is 582. The largest absolute Gasteiger partial charge is 0.360 e. The summed E-state index contributed by atoms with van der Waals surface area (Å²) in [4.78, 5) is 6.18. The van der Waals surface area contributed by atoms with Crippen molar-refractivity contribution in [3.63, 3.8) is 0 Å². The van der Waals surface area contributed by atoms with E-state index in [1.54, 1.807) is 12.5 Å². The highest BCUT2D eigenvalue weighted by atomic mass is 15.3. The van der Waals surface area contributed by atoms with E-state index in [4.69, 9.17) is 5.26 Å². The molecule has 0 amide bonds. The third-order valence-corrected chi connectivity index (χ3v) is 2.87. The summed E-state index contributed by atoms with van der Waals surface area (Å²) in [7, 11) is 0. The van der Waals surface area contributed by atoms with Gasteiger partial charge in [-0.3, -0.25) is 0 Å². The van der Waals surface area contributed by atoms with Gasteiger partial charge in [-0.15, -0.1) is 10.2 Å². The summed E-state index contributed by atoms with van der Waals surface area (Å²) in [6.45, 7) is 2.34. The average molecular weight is 226 g/mol. The minimum Gasteiger partial charge on any atom is -0.360 e. The summed E-state index contributed by atoms with van der Waals surface area (Å²) in [5, 5.41) is 17.0. The third kappa shape index (κ3) is 1.61. The highest BCUT2D eigenvalue weighted by Gasteiger charge is 2.19. The first kappa shape index (κ1) is 9.78. The zero-order chi connectivity index (χ0) is 11.7. The molecule has 0 aliphatic carbocycles. The van der Waals surface area contributed by atoms with Crippen molar-refractivity contribution in [1.29, 1.82) is 5.26 Å². The fraction of sp³-hybridized carbons (Fsp3) is 0.273. The lowest BCUT2D eigenvalue weighted by Gasteiger charge is -2.29. The van der Waals surface area contributed by atoms with E-state index in [2.05, 4.69) is 26.2 Å². The third-order valence-electron chi connectivity index (χ3n) is 2.87. The average Bonchev–Trinajstić information content (AvgIpc) is 2.85. The first-order valence-electron chi connectivity index (χ1n) is 5.35. The van der Waals surface area contributed by atoms with E-state index in [1.807, 2.05) is 16.7 Å². The second-order valence-electron chi connectivity index (χ2n) is 3.85. The Morgan fingerprint density at radius 1 is 1.35 bits per heavy atom. The number of rotatable bonds is 1.